The van der Waals surface area contributed by atoms with Crippen LogP contribution in [0.15, 0.2) is 28.8 Å². The van der Waals surface area contributed by atoms with Crippen molar-refractivity contribution in [3.05, 3.63) is 46.1 Å². The number of hydrogen-bond donors (Lipinski definition) is 1. The van der Waals surface area contributed by atoms with E-state index in [1.807, 2.05) is 0 Å². The first kappa shape index (κ1) is 19.1. The molecule has 0 radical (unpaired) electrons. The lowest BCUT2D eigenvalue weighted by Gasteiger charge is -2.31. The molecule has 0 aliphatic rings. The number of H-pyrrole nitrogens is 1. The monoisotopic (exact) mass is 365 g/mol. The molecule has 0 fully saturated rings. The SMILES string of the molecule is CC(C)(C)c1cccc(OCSCc2c[nH]c(=S)o2)c1C(C)(C)C. The average molecular weight is 366 g/mol. The zero-order chi connectivity index (χ0) is 18.0. The molecule has 0 bridgehead atoms. The van der Waals surface area contributed by atoms with Crippen LogP contribution >= 0.6 is 24.0 Å². The lowest BCUT2D eigenvalue weighted by Crippen LogP contribution is -2.23. The van der Waals surface area contributed by atoms with E-state index in [9.17, 15) is 0 Å². The molecular formula is C19H27NO2S2. The van der Waals surface area contributed by atoms with Gasteiger partial charge in [0, 0.05) is 11.8 Å². The Kier molecular flexibility index (Phi) is 5.87. The maximum absolute atomic E-state index is 6.11. The summed E-state index contributed by atoms with van der Waals surface area (Å²) in [6, 6.07) is 6.36. The van der Waals surface area contributed by atoms with Crippen LogP contribution in [0.4, 0.5) is 0 Å². The predicted molar refractivity (Wildman–Crippen MR) is 105 cm³/mol. The van der Waals surface area contributed by atoms with Gasteiger partial charge in [0.2, 0.25) is 0 Å². The van der Waals surface area contributed by atoms with Gasteiger partial charge in [0.1, 0.15) is 17.4 Å². The smallest absolute Gasteiger partial charge is 0.266 e. The molecule has 0 aliphatic carbocycles. The molecule has 24 heavy (non-hydrogen) atoms. The van der Waals surface area contributed by atoms with Crippen LogP contribution in [0.1, 0.15) is 58.4 Å². The zero-order valence-electron chi connectivity index (χ0n) is 15.4. The lowest BCUT2D eigenvalue weighted by molar-refractivity contribution is 0.373. The first-order valence-electron chi connectivity index (χ1n) is 8.11. The maximum Gasteiger partial charge on any atom is 0.266 e. The Balaban J connectivity index is 2.13. The normalized spacial score (nSPS) is 12.4. The molecule has 0 spiro atoms. The van der Waals surface area contributed by atoms with Gasteiger partial charge >= 0.3 is 0 Å². The third-order valence-corrected chi connectivity index (χ3v) is 4.68. The minimum atomic E-state index is 0.0249. The van der Waals surface area contributed by atoms with Crippen molar-refractivity contribution in [2.45, 2.75) is 58.1 Å². The fourth-order valence-corrected chi connectivity index (χ4v) is 3.49. The third-order valence-electron chi connectivity index (χ3n) is 3.70. The van der Waals surface area contributed by atoms with Crippen LogP contribution in [-0.4, -0.2) is 10.9 Å². The highest BCUT2D eigenvalue weighted by atomic mass is 32.2. The van der Waals surface area contributed by atoms with Crippen molar-refractivity contribution in [2.24, 2.45) is 0 Å². The van der Waals surface area contributed by atoms with Gasteiger partial charge in [0.15, 0.2) is 0 Å². The highest BCUT2D eigenvalue weighted by molar-refractivity contribution is 7.98. The van der Waals surface area contributed by atoms with E-state index >= 15 is 0 Å². The standard InChI is InChI=1S/C19H27NO2S2/c1-18(2,3)14-8-7-9-15(16(14)19(4,5)6)21-12-24-11-13-10-20-17(23)22-13/h7-10H,11-12H2,1-6H3,(H,20,23). The number of nitrogens with one attached hydrogen (secondary N) is 1. The van der Waals surface area contributed by atoms with Gasteiger partial charge in [-0.05, 0) is 34.7 Å². The number of benzene rings is 1. The van der Waals surface area contributed by atoms with E-state index in [0.717, 1.165) is 17.3 Å². The maximum atomic E-state index is 6.11. The van der Waals surface area contributed by atoms with Gasteiger partial charge < -0.3 is 14.1 Å². The van der Waals surface area contributed by atoms with Crippen molar-refractivity contribution in [3.8, 4) is 5.75 Å². The number of ether oxygens (including phenoxy) is 1. The van der Waals surface area contributed by atoms with Gasteiger partial charge in [-0.1, -0.05) is 53.7 Å². The Morgan fingerprint density at radius 3 is 2.38 bits per heavy atom. The highest BCUT2D eigenvalue weighted by Gasteiger charge is 2.28. The summed E-state index contributed by atoms with van der Waals surface area (Å²) in [4.78, 5) is 3.29. The fourth-order valence-electron chi connectivity index (χ4n) is 2.69. The molecule has 3 nitrogen and oxygen atoms in total. The van der Waals surface area contributed by atoms with Crippen LogP contribution in [0.5, 0.6) is 5.75 Å². The first-order chi connectivity index (χ1) is 11.1. The van der Waals surface area contributed by atoms with E-state index in [0.29, 0.717) is 10.8 Å². The van der Waals surface area contributed by atoms with Gasteiger partial charge in [0.05, 0.1) is 5.75 Å². The van der Waals surface area contributed by atoms with E-state index < -0.39 is 0 Å². The van der Waals surface area contributed by atoms with Gasteiger partial charge in [-0.15, -0.1) is 11.8 Å². The van der Waals surface area contributed by atoms with Crippen LogP contribution in [0, 0.1) is 4.84 Å². The van der Waals surface area contributed by atoms with Crippen LogP contribution in [0.25, 0.3) is 0 Å². The minimum absolute atomic E-state index is 0.0249. The van der Waals surface area contributed by atoms with Crippen LogP contribution < -0.4 is 4.74 Å². The summed E-state index contributed by atoms with van der Waals surface area (Å²) >= 11 is 6.60. The van der Waals surface area contributed by atoms with Crippen LogP contribution in [0.3, 0.4) is 0 Å². The number of hydrogen-bond acceptors (Lipinski definition) is 4. The number of aromatic amines is 1. The van der Waals surface area contributed by atoms with E-state index in [1.165, 1.54) is 11.1 Å². The van der Waals surface area contributed by atoms with Crippen LogP contribution in [-0.2, 0) is 16.6 Å². The summed E-state index contributed by atoms with van der Waals surface area (Å²) in [5.74, 6) is 3.12. The topological polar surface area (TPSA) is 38.2 Å². The quantitative estimate of drug-likeness (QED) is 0.389. The molecular weight excluding hydrogens is 338 g/mol. The van der Waals surface area contributed by atoms with Crippen molar-refractivity contribution in [2.75, 3.05) is 5.94 Å². The summed E-state index contributed by atoms with van der Waals surface area (Å²) in [6.07, 6.45) is 1.80. The molecule has 132 valence electrons. The molecule has 2 rings (SSSR count). The number of rotatable bonds is 5. The van der Waals surface area contributed by atoms with Crippen molar-refractivity contribution >= 4 is 24.0 Å². The lowest BCUT2D eigenvalue weighted by atomic mass is 9.75. The molecule has 1 aromatic carbocycles. The second-order valence-electron chi connectivity index (χ2n) is 7.93. The molecule has 0 amide bonds. The Bertz CT molecular complexity index is 733. The zero-order valence-corrected chi connectivity index (χ0v) is 17.0. The molecule has 0 unspecified atom stereocenters. The second kappa shape index (κ2) is 7.36. The fraction of sp³-hybridized carbons (Fsp3) is 0.526. The van der Waals surface area contributed by atoms with E-state index in [4.69, 9.17) is 21.4 Å². The molecule has 0 aliphatic heterocycles. The van der Waals surface area contributed by atoms with Gasteiger partial charge in [0.25, 0.3) is 4.84 Å². The molecule has 1 aromatic heterocycles. The van der Waals surface area contributed by atoms with Crippen molar-refractivity contribution in [1.29, 1.82) is 0 Å². The van der Waals surface area contributed by atoms with E-state index in [1.54, 1.807) is 18.0 Å². The molecule has 2 aromatic rings. The Labute approximate surface area is 154 Å². The van der Waals surface area contributed by atoms with Gasteiger partial charge in [-0.2, -0.15) is 0 Å². The number of oxazole rings is 1. The highest BCUT2D eigenvalue weighted by Crippen LogP contribution is 2.40. The predicted octanol–water partition coefficient (Wildman–Crippen LogP) is 6.20. The number of aromatic nitrogens is 1. The molecule has 1 N–H and O–H groups in total. The Hall–Kier alpha value is -1.20. The Morgan fingerprint density at radius 2 is 1.83 bits per heavy atom. The summed E-state index contributed by atoms with van der Waals surface area (Å²) in [5.41, 5.74) is 2.74. The minimum Gasteiger partial charge on any atom is -0.483 e. The molecule has 0 saturated carbocycles. The molecule has 1 heterocycles. The van der Waals surface area contributed by atoms with Gasteiger partial charge in [-0.25, -0.2) is 0 Å². The first-order valence-corrected chi connectivity index (χ1v) is 9.67. The number of thioether (sulfide) groups is 1. The van der Waals surface area contributed by atoms with Crippen molar-refractivity contribution < 1.29 is 9.15 Å². The largest absolute Gasteiger partial charge is 0.483 e. The van der Waals surface area contributed by atoms with E-state index in [-0.39, 0.29) is 10.8 Å². The van der Waals surface area contributed by atoms with Gasteiger partial charge in [-0.3, -0.25) is 0 Å². The third kappa shape index (κ3) is 4.90. The summed E-state index contributed by atoms with van der Waals surface area (Å²) in [7, 11) is 0. The summed E-state index contributed by atoms with van der Waals surface area (Å²) in [6.45, 7) is 13.5. The molecule has 5 heteroatoms. The summed E-state index contributed by atoms with van der Waals surface area (Å²) in [5, 5.41) is 0. The van der Waals surface area contributed by atoms with Crippen molar-refractivity contribution in [3.63, 3.8) is 0 Å². The van der Waals surface area contributed by atoms with Crippen molar-refractivity contribution in [1.82, 2.24) is 4.98 Å². The molecule has 0 saturated heterocycles. The molecule has 0 atom stereocenters. The summed E-state index contributed by atoms with van der Waals surface area (Å²) < 4.78 is 11.5. The average Bonchev–Trinajstić information content (AvgIpc) is 2.87. The van der Waals surface area contributed by atoms with E-state index in [2.05, 4.69) is 64.7 Å². The van der Waals surface area contributed by atoms with Crippen LogP contribution in [0.2, 0.25) is 0 Å². The second-order valence-corrected chi connectivity index (χ2v) is 9.24. The Morgan fingerprint density at radius 1 is 1.12 bits per heavy atom.